The largest absolute Gasteiger partial charge is 0.383 e. The molecule has 0 fully saturated rings. The maximum absolute atomic E-state index is 8.64. The van der Waals surface area contributed by atoms with Gasteiger partial charge in [0.25, 0.3) is 0 Å². The average molecular weight is 236 g/mol. The van der Waals surface area contributed by atoms with Crippen molar-refractivity contribution in [2.45, 2.75) is 0 Å². The van der Waals surface area contributed by atoms with Crippen LogP contribution in [-0.2, 0) is 9.47 Å². The van der Waals surface area contributed by atoms with Gasteiger partial charge in [0.15, 0.2) is 5.69 Å². The number of hydrogen-bond donors (Lipinski definition) is 0. The van der Waals surface area contributed by atoms with Gasteiger partial charge in [-0.15, -0.1) is 0 Å². The van der Waals surface area contributed by atoms with Gasteiger partial charge < -0.3 is 14.4 Å². The van der Waals surface area contributed by atoms with Crippen LogP contribution in [0.4, 0.5) is 5.82 Å². The molecular weight excluding hydrogens is 220 g/mol. The summed E-state index contributed by atoms with van der Waals surface area (Å²) in [4.78, 5) is 10.2. The van der Waals surface area contributed by atoms with Crippen LogP contribution in [0, 0.1) is 11.3 Å². The van der Waals surface area contributed by atoms with Gasteiger partial charge in [0.05, 0.1) is 25.6 Å². The lowest BCUT2D eigenvalue weighted by Crippen LogP contribution is -2.31. The van der Waals surface area contributed by atoms with Gasteiger partial charge >= 0.3 is 0 Å². The third-order valence-corrected chi connectivity index (χ3v) is 2.21. The minimum Gasteiger partial charge on any atom is -0.383 e. The van der Waals surface area contributed by atoms with Crippen molar-refractivity contribution < 1.29 is 9.47 Å². The number of aromatic nitrogens is 2. The monoisotopic (exact) mass is 236 g/mol. The van der Waals surface area contributed by atoms with Gasteiger partial charge in [0.2, 0.25) is 0 Å². The van der Waals surface area contributed by atoms with E-state index >= 15 is 0 Å². The second-order valence-corrected chi connectivity index (χ2v) is 3.34. The highest BCUT2D eigenvalue weighted by molar-refractivity contribution is 5.37. The zero-order valence-corrected chi connectivity index (χ0v) is 10.1. The minimum atomic E-state index is 0.312. The van der Waals surface area contributed by atoms with Crippen LogP contribution in [0.5, 0.6) is 0 Å². The first-order valence-corrected chi connectivity index (χ1v) is 5.26. The number of rotatable bonds is 7. The van der Waals surface area contributed by atoms with Crippen LogP contribution in [0.3, 0.4) is 0 Å². The summed E-state index contributed by atoms with van der Waals surface area (Å²) in [7, 11) is 3.30. The second-order valence-electron chi connectivity index (χ2n) is 3.34. The van der Waals surface area contributed by atoms with Crippen molar-refractivity contribution in [1.82, 2.24) is 9.97 Å². The molecule has 0 N–H and O–H groups in total. The lowest BCUT2D eigenvalue weighted by Gasteiger charge is -2.22. The van der Waals surface area contributed by atoms with E-state index in [0.717, 1.165) is 5.82 Å². The van der Waals surface area contributed by atoms with Crippen LogP contribution in [0.25, 0.3) is 0 Å². The standard InChI is InChI=1S/C11H16N4O2/c1-16-5-3-15(4-6-17-2)11-9-13-10(7-12)8-14-11/h8-9H,3-6H2,1-2H3. The number of methoxy groups -OCH3 is 2. The Morgan fingerprint density at radius 1 is 1.18 bits per heavy atom. The summed E-state index contributed by atoms with van der Waals surface area (Å²) >= 11 is 0. The number of nitrogens with zero attached hydrogens (tertiary/aromatic N) is 4. The molecule has 0 bridgehead atoms. The van der Waals surface area contributed by atoms with E-state index < -0.39 is 0 Å². The normalized spacial score (nSPS) is 9.94. The van der Waals surface area contributed by atoms with Crippen LogP contribution in [0.15, 0.2) is 12.4 Å². The molecule has 1 rings (SSSR count). The van der Waals surface area contributed by atoms with Crippen molar-refractivity contribution in [1.29, 1.82) is 5.26 Å². The van der Waals surface area contributed by atoms with Gasteiger partial charge in [-0.3, -0.25) is 0 Å². The van der Waals surface area contributed by atoms with Crippen molar-refractivity contribution >= 4 is 5.82 Å². The fourth-order valence-electron chi connectivity index (χ4n) is 1.29. The van der Waals surface area contributed by atoms with E-state index in [9.17, 15) is 0 Å². The van der Waals surface area contributed by atoms with Crippen LogP contribution in [-0.4, -0.2) is 50.5 Å². The van der Waals surface area contributed by atoms with Crippen LogP contribution < -0.4 is 4.90 Å². The SMILES string of the molecule is COCCN(CCOC)c1cnc(C#N)cn1. The second kappa shape index (κ2) is 7.54. The molecule has 0 amide bonds. The molecule has 0 aliphatic heterocycles. The molecule has 0 aromatic carbocycles. The molecule has 17 heavy (non-hydrogen) atoms. The first-order chi connectivity index (χ1) is 8.31. The first kappa shape index (κ1) is 13.4. The van der Waals surface area contributed by atoms with Crippen LogP contribution in [0.1, 0.15) is 5.69 Å². The third kappa shape index (κ3) is 4.34. The van der Waals surface area contributed by atoms with Crippen molar-refractivity contribution in [3.63, 3.8) is 0 Å². The maximum Gasteiger partial charge on any atom is 0.158 e. The average Bonchev–Trinajstić information content (AvgIpc) is 2.39. The van der Waals surface area contributed by atoms with E-state index in [1.807, 2.05) is 11.0 Å². The Morgan fingerprint density at radius 2 is 1.82 bits per heavy atom. The molecule has 0 aliphatic carbocycles. The number of hydrogen-bond acceptors (Lipinski definition) is 6. The molecule has 1 aromatic rings. The van der Waals surface area contributed by atoms with Gasteiger partial charge in [-0.2, -0.15) is 5.26 Å². The molecule has 0 saturated heterocycles. The van der Waals surface area contributed by atoms with Crippen LogP contribution in [0.2, 0.25) is 0 Å². The topological polar surface area (TPSA) is 71.3 Å². The molecular formula is C11H16N4O2. The highest BCUT2D eigenvalue weighted by Crippen LogP contribution is 2.08. The summed E-state index contributed by atoms with van der Waals surface area (Å²) in [6.45, 7) is 2.62. The highest BCUT2D eigenvalue weighted by Gasteiger charge is 2.08. The Bertz CT molecular complexity index is 353. The zero-order valence-electron chi connectivity index (χ0n) is 10.1. The number of ether oxygens (including phenoxy) is 2. The highest BCUT2D eigenvalue weighted by atomic mass is 16.5. The van der Waals surface area contributed by atoms with Crippen molar-refractivity contribution in [2.24, 2.45) is 0 Å². The van der Waals surface area contributed by atoms with E-state index in [1.54, 1.807) is 20.4 Å². The molecule has 0 aliphatic rings. The van der Waals surface area contributed by atoms with Crippen LogP contribution >= 0.6 is 0 Å². The Hall–Kier alpha value is -1.71. The summed E-state index contributed by atoms with van der Waals surface area (Å²) in [6, 6.07) is 1.94. The van der Waals surface area contributed by atoms with Gasteiger partial charge in [-0.25, -0.2) is 9.97 Å². The van der Waals surface area contributed by atoms with E-state index in [1.165, 1.54) is 6.20 Å². The predicted molar refractivity (Wildman–Crippen MR) is 62.7 cm³/mol. The molecule has 1 heterocycles. The number of anilines is 1. The Balaban J connectivity index is 2.69. The Morgan fingerprint density at radius 3 is 2.24 bits per heavy atom. The van der Waals surface area contributed by atoms with Gasteiger partial charge in [-0.05, 0) is 0 Å². The maximum atomic E-state index is 8.64. The molecule has 1 aromatic heterocycles. The van der Waals surface area contributed by atoms with Gasteiger partial charge in [0, 0.05) is 27.3 Å². The molecule has 0 atom stereocenters. The first-order valence-electron chi connectivity index (χ1n) is 5.26. The summed E-state index contributed by atoms with van der Waals surface area (Å²) in [5, 5.41) is 8.64. The number of nitriles is 1. The van der Waals surface area contributed by atoms with Gasteiger partial charge in [0.1, 0.15) is 11.9 Å². The quantitative estimate of drug-likeness (QED) is 0.684. The summed E-state index contributed by atoms with van der Waals surface area (Å²) in [5.74, 6) is 0.720. The summed E-state index contributed by atoms with van der Waals surface area (Å²) in [6.07, 6.45) is 3.05. The third-order valence-electron chi connectivity index (χ3n) is 2.21. The van der Waals surface area contributed by atoms with Crippen molar-refractivity contribution in [3.05, 3.63) is 18.1 Å². The smallest absolute Gasteiger partial charge is 0.158 e. The molecule has 92 valence electrons. The molecule has 0 radical (unpaired) electrons. The summed E-state index contributed by atoms with van der Waals surface area (Å²) < 4.78 is 10.1. The Labute approximate surface area is 101 Å². The lowest BCUT2D eigenvalue weighted by molar-refractivity contribution is 0.190. The lowest BCUT2D eigenvalue weighted by atomic mass is 10.4. The fourth-order valence-corrected chi connectivity index (χ4v) is 1.29. The van der Waals surface area contributed by atoms with E-state index in [2.05, 4.69) is 9.97 Å². The van der Waals surface area contributed by atoms with E-state index in [-0.39, 0.29) is 0 Å². The van der Waals surface area contributed by atoms with Crippen molar-refractivity contribution in [3.8, 4) is 6.07 Å². The zero-order chi connectivity index (χ0) is 12.5. The van der Waals surface area contributed by atoms with E-state index in [0.29, 0.717) is 32.0 Å². The molecule has 0 spiro atoms. The Kier molecular flexibility index (Phi) is 5.93. The predicted octanol–water partition coefficient (Wildman–Crippen LogP) is 0.447. The minimum absolute atomic E-state index is 0.312. The van der Waals surface area contributed by atoms with E-state index in [4.69, 9.17) is 14.7 Å². The molecule has 6 heteroatoms. The summed E-state index contributed by atoms with van der Waals surface area (Å²) in [5.41, 5.74) is 0.312. The van der Waals surface area contributed by atoms with Crippen molar-refractivity contribution in [2.75, 3.05) is 45.4 Å². The molecule has 6 nitrogen and oxygen atoms in total. The fraction of sp³-hybridized carbons (Fsp3) is 0.545. The molecule has 0 unspecified atom stereocenters. The molecule has 0 saturated carbocycles. The van der Waals surface area contributed by atoms with Gasteiger partial charge in [-0.1, -0.05) is 0 Å².